The SMILES string of the molecule is Cc1ccc(C2C=CC(C3C=CC(CC4=CC=C4)=CC3)=C2)cc1. The molecule has 4 rings (SSSR count). The molecule has 1 aromatic rings. The van der Waals surface area contributed by atoms with E-state index in [0.717, 1.165) is 12.8 Å². The fourth-order valence-corrected chi connectivity index (χ4v) is 3.41. The van der Waals surface area contributed by atoms with E-state index in [-0.39, 0.29) is 0 Å². The van der Waals surface area contributed by atoms with Crippen LogP contribution in [-0.4, -0.2) is 0 Å². The molecule has 0 radical (unpaired) electrons. The number of benzene rings is 1. The van der Waals surface area contributed by atoms with Gasteiger partial charge in [-0.2, -0.15) is 0 Å². The van der Waals surface area contributed by atoms with E-state index in [1.165, 1.54) is 27.8 Å². The summed E-state index contributed by atoms with van der Waals surface area (Å²) >= 11 is 0. The lowest BCUT2D eigenvalue weighted by Crippen LogP contribution is -2.02. The highest BCUT2D eigenvalue weighted by Crippen LogP contribution is 2.34. The Balaban J connectivity index is 1.42. The first-order chi connectivity index (χ1) is 11.3. The molecule has 3 aliphatic carbocycles. The summed E-state index contributed by atoms with van der Waals surface area (Å²) in [5.74, 6) is 0.978. The van der Waals surface area contributed by atoms with Gasteiger partial charge in [-0.15, -0.1) is 0 Å². The van der Waals surface area contributed by atoms with Crippen molar-refractivity contribution in [1.29, 1.82) is 0 Å². The molecule has 0 aliphatic heterocycles. The van der Waals surface area contributed by atoms with Gasteiger partial charge in [0.1, 0.15) is 0 Å². The minimum atomic E-state index is 0.439. The van der Waals surface area contributed by atoms with Crippen LogP contribution < -0.4 is 0 Å². The fraction of sp³-hybridized carbons (Fsp3) is 0.217. The van der Waals surface area contributed by atoms with Crippen molar-refractivity contribution in [3.8, 4) is 0 Å². The van der Waals surface area contributed by atoms with Crippen LogP contribution in [0.3, 0.4) is 0 Å². The highest BCUT2D eigenvalue weighted by Gasteiger charge is 2.18. The molecule has 0 N–H and O–H groups in total. The molecule has 0 spiro atoms. The van der Waals surface area contributed by atoms with E-state index in [4.69, 9.17) is 0 Å². The van der Waals surface area contributed by atoms with Gasteiger partial charge in [0.2, 0.25) is 0 Å². The molecule has 2 unspecified atom stereocenters. The standard InChI is InChI=1S/C23H22/c1-17-5-9-20(10-6-17)22-13-14-23(16-22)21-11-7-19(8-12-21)15-18-3-2-4-18/h2-11,13-14,16,21-22H,12,15H2,1H3. The van der Waals surface area contributed by atoms with Gasteiger partial charge in [-0.05, 0) is 42.0 Å². The van der Waals surface area contributed by atoms with Crippen molar-refractivity contribution in [2.75, 3.05) is 0 Å². The first-order valence-corrected chi connectivity index (χ1v) is 8.49. The lowest BCUT2D eigenvalue weighted by molar-refractivity contribution is 0.775. The van der Waals surface area contributed by atoms with Gasteiger partial charge in [0, 0.05) is 11.8 Å². The Kier molecular flexibility index (Phi) is 3.75. The molecule has 0 bridgehead atoms. The second-order valence-electron chi connectivity index (χ2n) is 6.72. The summed E-state index contributed by atoms with van der Waals surface area (Å²) in [5, 5.41) is 0. The maximum Gasteiger partial charge on any atom is 0.0207 e. The van der Waals surface area contributed by atoms with E-state index in [1.807, 2.05) is 0 Å². The lowest BCUT2D eigenvalue weighted by Gasteiger charge is -2.18. The second-order valence-corrected chi connectivity index (χ2v) is 6.72. The normalized spacial score (nSPS) is 25.0. The topological polar surface area (TPSA) is 0 Å². The first kappa shape index (κ1) is 14.3. The average molecular weight is 298 g/mol. The molecule has 0 fully saturated rings. The smallest absolute Gasteiger partial charge is 0.0207 e. The summed E-state index contributed by atoms with van der Waals surface area (Å²) in [6.07, 6.45) is 22.9. The van der Waals surface area contributed by atoms with Crippen LogP contribution in [0.25, 0.3) is 0 Å². The van der Waals surface area contributed by atoms with Gasteiger partial charge in [-0.3, -0.25) is 0 Å². The van der Waals surface area contributed by atoms with Gasteiger partial charge >= 0.3 is 0 Å². The van der Waals surface area contributed by atoms with Crippen molar-refractivity contribution in [3.63, 3.8) is 0 Å². The Morgan fingerprint density at radius 2 is 1.78 bits per heavy atom. The monoisotopic (exact) mass is 298 g/mol. The molecule has 23 heavy (non-hydrogen) atoms. The molecule has 114 valence electrons. The maximum absolute atomic E-state index is 2.43. The van der Waals surface area contributed by atoms with Crippen molar-refractivity contribution in [2.24, 2.45) is 5.92 Å². The molecule has 1 aromatic carbocycles. The molecule has 2 atom stereocenters. The largest absolute Gasteiger partial charge is 0.0801 e. The molecule has 0 amide bonds. The third kappa shape index (κ3) is 3.07. The van der Waals surface area contributed by atoms with Gasteiger partial charge in [0.15, 0.2) is 0 Å². The van der Waals surface area contributed by atoms with Crippen molar-refractivity contribution in [3.05, 3.63) is 107 Å². The third-order valence-corrected chi connectivity index (χ3v) is 4.96. The van der Waals surface area contributed by atoms with E-state index in [0.29, 0.717) is 11.8 Å². The maximum atomic E-state index is 2.43. The molecular weight excluding hydrogens is 276 g/mol. The number of hydrogen-bond donors (Lipinski definition) is 0. The number of aryl methyl sites for hydroxylation is 1. The Morgan fingerprint density at radius 1 is 0.957 bits per heavy atom. The second kappa shape index (κ2) is 6.04. The summed E-state index contributed by atoms with van der Waals surface area (Å²) in [5.41, 5.74) is 7.07. The van der Waals surface area contributed by atoms with Gasteiger partial charge in [0.05, 0.1) is 0 Å². The predicted octanol–water partition coefficient (Wildman–Crippen LogP) is 5.96. The van der Waals surface area contributed by atoms with Gasteiger partial charge in [0.25, 0.3) is 0 Å². The van der Waals surface area contributed by atoms with Crippen LogP contribution in [0.5, 0.6) is 0 Å². The minimum Gasteiger partial charge on any atom is -0.0801 e. The lowest BCUT2D eigenvalue weighted by atomic mass is 9.87. The van der Waals surface area contributed by atoms with Crippen LogP contribution in [0.2, 0.25) is 0 Å². The minimum absolute atomic E-state index is 0.439. The average Bonchev–Trinajstić information content (AvgIpc) is 3.02. The van der Waals surface area contributed by atoms with E-state index < -0.39 is 0 Å². The van der Waals surface area contributed by atoms with Crippen LogP contribution in [0.4, 0.5) is 0 Å². The Hall–Kier alpha value is -2.34. The number of rotatable bonds is 4. The van der Waals surface area contributed by atoms with Crippen LogP contribution in [0, 0.1) is 12.8 Å². The van der Waals surface area contributed by atoms with Gasteiger partial charge in [-0.25, -0.2) is 0 Å². The van der Waals surface area contributed by atoms with Crippen LogP contribution in [0.15, 0.2) is 95.7 Å². The zero-order valence-corrected chi connectivity index (χ0v) is 13.6. The molecule has 0 heterocycles. The predicted molar refractivity (Wildman–Crippen MR) is 98.3 cm³/mol. The molecule has 0 aromatic heterocycles. The summed E-state index contributed by atoms with van der Waals surface area (Å²) < 4.78 is 0. The third-order valence-electron chi connectivity index (χ3n) is 4.96. The van der Waals surface area contributed by atoms with Crippen LogP contribution in [0.1, 0.15) is 29.9 Å². The van der Waals surface area contributed by atoms with Gasteiger partial charge < -0.3 is 0 Å². The molecule has 3 aliphatic rings. The molecule has 0 saturated carbocycles. The van der Waals surface area contributed by atoms with Crippen molar-refractivity contribution >= 4 is 0 Å². The Labute approximate surface area is 138 Å². The highest BCUT2D eigenvalue weighted by atomic mass is 14.2. The van der Waals surface area contributed by atoms with Crippen LogP contribution in [-0.2, 0) is 0 Å². The quantitative estimate of drug-likeness (QED) is 0.643. The first-order valence-electron chi connectivity index (χ1n) is 8.49. The van der Waals surface area contributed by atoms with Crippen molar-refractivity contribution in [1.82, 2.24) is 0 Å². The number of allylic oxidation sites excluding steroid dienone is 12. The van der Waals surface area contributed by atoms with Gasteiger partial charge in [-0.1, -0.05) is 84.5 Å². The summed E-state index contributed by atoms with van der Waals surface area (Å²) in [6.45, 7) is 2.14. The number of hydrogen-bond acceptors (Lipinski definition) is 0. The highest BCUT2D eigenvalue weighted by molar-refractivity contribution is 5.46. The zero-order valence-electron chi connectivity index (χ0n) is 13.6. The van der Waals surface area contributed by atoms with Crippen molar-refractivity contribution < 1.29 is 0 Å². The molecule has 0 heteroatoms. The zero-order chi connectivity index (χ0) is 15.6. The van der Waals surface area contributed by atoms with Crippen molar-refractivity contribution in [2.45, 2.75) is 25.7 Å². The van der Waals surface area contributed by atoms with E-state index in [1.54, 1.807) is 0 Å². The molecular formula is C23H22. The molecule has 0 saturated heterocycles. The fourth-order valence-electron chi connectivity index (χ4n) is 3.41. The van der Waals surface area contributed by atoms with E-state index in [2.05, 4.69) is 85.9 Å². The Bertz CT molecular complexity index is 776. The summed E-state index contributed by atoms with van der Waals surface area (Å²) in [4.78, 5) is 0. The van der Waals surface area contributed by atoms with E-state index in [9.17, 15) is 0 Å². The van der Waals surface area contributed by atoms with E-state index >= 15 is 0 Å². The summed E-state index contributed by atoms with van der Waals surface area (Å²) in [6, 6.07) is 8.90. The summed E-state index contributed by atoms with van der Waals surface area (Å²) in [7, 11) is 0. The Morgan fingerprint density at radius 3 is 2.43 bits per heavy atom. The van der Waals surface area contributed by atoms with Crippen LogP contribution >= 0.6 is 0 Å². The molecule has 0 nitrogen and oxygen atoms in total.